The van der Waals surface area contributed by atoms with Gasteiger partial charge in [-0.05, 0) is 30.5 Å². The van der Waals surface area contributed by atoms with E-state index in [0.29, 0.717) is 6.04 Å². The van der Waals surface area contributed by atoms with Crippen LogP contribution in [0.3, 0.4) is 0 Å². The highest BCUT2D eigenvalue weighted by Gasteiger charge is 2.35. The van der Waals surface area contributed by atoms with Gasteiger partial charge in [0, 0.05) is 35.9 Å². The summed E-state index contributed by atoms with van der Waals surface area (Å²) in [7, 11) is 1.79. The number of hydrogen-bond acceptors (Lipinski definition) is 3. The second-order valence-corrected chi connectivity index (χ2v) is 5.39. The van der Waals surface area contributed by atoms with Crippen LogP contribution in [0.2, 0.25) is 0 Å². The van der Waals surface area contributed by atoms with Gasteiger partial charge in [-0.15, -0.1) is 0 Å². The van der Waals surface area contributed by atoms with E-state index in [0.717, 1.165) is 28.2 Å². The first-order valence-corrected chi connectivity index (χ1v) is 6.76. The zero-order valence-corrected chi connectivity index (χ0v) is 11.3. The first-order chi connectivity index (χ1) is 9.10. The van der Waals surface area contributed by atoms with Gasteiger partial charge in [0.15, 0.2) is 0 Å². The maximum atomic E-state index is 12.0. The molecule has 4 heteroatoms. The van der Waals surface area contributed by atoms with Crippen molar-refractivity contribution in [2.24, 2.45) is 13.0 Å². The Hall–Kier alpha value is -1.97. The SMILES string of the molecule is CC[C@@H]1CC1Nc1cc(=O)n(C)c2ccc(N)cc12. The molecule has 1 heterocycles. The van der Waals surface area contributed by atoms with E-state index in [4.69, 9.17) is 5.73 Å². The number of rotatable bonds is 3. The number of aromatic nitrogens is 1. The third-order valence-corrected chi connectivity index (χ3v) is 4.06. The van der Waals surface area contributed by atoms with Crippen molar-refractivity contribution in [3.63, 3.8) is 0 Å². The Morgan fingerprint density at radius 1 is 1.42 bits per heavy atom. The lowest BCUT2D eigenvalue weighted by molar-refractivity contribution is 0.775. The van der Waals surface area contributed by atoms with Crippen molar-refractivity contribution >= 4 is 22.3 Å². The maximum absolute atomic E-state index is 12.0. The Bertz CT molecular complexity index is 690. The summed E-state index contributed by atoms with van der Waals surface area (Å²) in [6, 6.07) is 7.84. The van der Waals surface area contributed by atoms with Crippen LogP contribution in [0.25, 0.3) is 10.9 Å². The number of nitrogens with zero attached hydrogens (tertiary/aromatic N) is 1. The molecular weight excluding hydrogens is 238 g/mol. The van der Waals surface area contributed by atoms with Gasteiger partial charge in [0.25, 0.3) is 5.56 Å². The topological polar surface area (TPSA) is 60.0 Å². The molecule has 0 amide bonds. The molecule has 100 valence electrons. The summed E-state index contributed by atoms with van der Waals surface area (Å²) in [6.07, 6.45) is 2.37. The van der Waals surface area contributed by atoms with Gasteiger partial charge in [0.2, 0.25) is 0 Å². The van der Waals surface area contributed by atoms with Crippen LogP contribution in [0.15, 0.2) is 29.1 Å². The highest BCUT2D eigenvalue weighted by Crippen LogP contribution is 2.37. The minimum Gasteiger partial charge on any atom is -0.399 e. The molecule has 0 saturated heterocycles. The van der Waals surface area contributed by atoms with E-state index >= 15 is 0 Å². The van der Waals surface area contributed by atoms with E-state index < -0.39 is 0 Å². The summed E-state index contributed by atoms with van der Waals surface area (Å²) in [5.41, 5.74) is 8.42. The summed E-state index contributed by atoms with van der Waals surface area (Å²) < 4.78 is 1.66. The van der Waals surface area contributed by atoms with Crippen molar-refractivity contribution in [1.29, 1.82) is 0 Å². The summed E-state index contributed by atoms with van der Waals surface area (Å²) in [6.45, 7) is 2.20. The van der Waals surface area contributed by atoms with Crippen LogP contribution in [0.4, 0.5) is 11.4 Å². The molecular formula is C15H19N3O. The van der Waals surface area contributed by atoms with Crippen LogP contribution in [-0.4, -0.2) is 10.6 Å². The molecule has 1 aromatic heterocycles. The van der Waals surface area contributed by atoms with Gasteiger partial charge in [0.05, 0.1) is 5.52 Å². The molecule has 1 fully saturated rings. The third-order valence-electron chi connectivity index (χ3n) is 4.06. The summed E-state index contributed by atoms with van der Waals surface area (Å²) in [4.78, 5) is 12.0. The normalized spacial score (nSPS) is 21.6. The first-order valence-electron chi connectivity index (χ1n) is 6.76. The zero-order chi connectivity index (χ0) is 13.6. The lowest BCUT2D eigenvalue weighted by Gasteiger charge is -2.12. The van der Waals surface area contributed by atoms with E-state index in [1.54, 1.807) is 17.7 Å². The van der Waals surface area contributed by atoms with Gasteiger partial charge in [-0.3, -0.25) is 4.79 Å². The number of nitrogens with two attached hydrogens (primary N) is 1. The highest BCUT2D eigenvalue weighted by atomic mass is 16.1. The number of fused-ring (bicyclic) bond motifs is 1. The van der Waals surface area contributed by atoms with Gasteiger partial charge >= 0.3 is 0 Å². The maximum Gasteiger partial charge on any atom is 0.252 e. The number of nitrogens with one attached hydrogen (secondary N) is 1. The van der Waals surface area contributed by atoms with E-state index in [1.165, 1.54) is 12.8 Å². The largest absolute Gasteiger partial charge is 0.399 e. The molecule has 4 nitrogen and oxygen atoms in total. The van der Waals surface area contributed by atoms with Crippen LogP contribution < -0.4 is 16.6 Å². The third kappa shape index (κ3) is 2.07. The number of hydrogen-bond donors (Lipinski definition) is 2. The fourth-order valence-electron chi connectivity index (χ4n) is 2.67. The van der Waals surface area contributed by atoms with Crippen molar-refractivity contribution in [3.8, 4) is 0 Å². The number of benzene rings is 1. The molecule has 19 heavy (non-hydrogen) atoms. The quantitative estimate of drug-likeness (QED) is 0.830. The molecule has 1 aliphatic rings. The average molecular weight is 257 g/mol. The fraction of sp³-hybridized carbons (Fsp3) is 0.400. The van der Waals surface area contributed by atoms with E-state index in [1.807, 2.05) is 18.2 Å². The van der Waals surface area contributed by atoms with Crippen LogP contribution >= 0.6 is 0 Å². The van der Waals surface area contributed by atoms with Crippen LogP contribution in [0.1, 0.15) is 19.8 Å². The second kappa shape index (κ2) is 4.30. The second-order valence-electron chi connectivity index (χ2n) is 5.39. The minimum atomic E-state index is 0.00784. The molecule has 1 saturated carbocycles. The fourth-order valence-corrected chi connectivity index (χ4v) is 2.67. The van der Waals surface area contributed by atoms with Crippen LogP contribution in [-0.2, 0) is 7.05 Å². The number of pyridine rings is 1. The molecule has 1 unspecified atom stereocenters. The number of nitrogen functional groups attached to an aromatic ring is 1. The summed E-state index contributed by atoms with van der Waals surface area (Å²) in [5.74, 6) is 0.736. The van der Waals surface area contributed by atoms with E-state index in [-0.39, 0.29) is 5.56 Å². The van der Waals surface area contributed by atoms with Gasteiger partial charge in [-0.25, -0.2) is 0 Å². The first kappa shape index (κ1) is 12.1. The monoisotopic (exact) mass is 257 g/mol. The van der Waals surface area contributed by atoms with Gasteiger partial charge < -0.3 is 15.6 Å². The zero-order valence-electron chi connectivity index (χ0n) is 11.3. The molecule has 1 aromatic carbocycles. The molecule has 3 rings (SSSR count). The predicted octanol–water partition coefficient (Wildman–Crippen LogP) is 2.33. The summed E-state index contributed by atoms with van der Waals surface area (Å²) >= 11 is 0. The smallest absolute Gasteiger partial charge is 0.252 e. The molecule has 0 radical (unpaired) electrons. The Balaban J connectivity index is 2.10. The lowest BCUT2D eigenvalue weighted by atomic mass is 10.1. The minimum absolute atomic E-state index is 0.00784. The standard InChI is InChI=1S/C15H19N3O/c1-3-9-6-12(9)17-13-8-15(19)18(2)14-5-4-10(16)7-11(13)14/h4-5,7-9,12,17H,3,6,16H2,1-2H3/t9-,12?/m1/s1. The van der Waals surface area contributed by atoms with Crippen molar-refractivity contribution in [1.82, 2.24) is 4.57 Å². The van der Waals surface area contributed by atoms with Crippen molar-refractivity contribution in [3.05, 3.63) is 34.6 Å². The Labute approximate surface area is 112 Å². The molecule has 0 bridgehead atoms. The Morgan fingerprint density at radius 3 is 2.89 bits per heavy atom. The molecule has 0 aliphatic heterocycles. The number of aryl methyl sites for hydroxylation is 1. The molecule has 3 N–H and O–H groups in total. The molecule has 1 aliphatic carbocycles. The van der Waals surface area contributed by atoms with E-state index in [9.17, 15) is 4.79 Å². The molecule has 0 spiro atoms. The summed E-state index contributed by atoms with van der Waals surface area (Å²) in [5, 5.41) is 4.50. The Kier molecular flexibility index (Phi) is 2.73. The average Bonchev–Trinajstić information content (AvgIpc) is 3.14. The van der Waals surface area contributed by atoms with Crippen LogP contribution in [0, 0.1) is 5.92 Å². The van der Waals surface area contributed by atoms with Gasteiger partial charge in [-0.2, -0.15) is 0 Å². The van der Waals surface area contributed by atoms with Crippen molar-refractivity contribution in [2.45, 2.75) is 25.8 Å². The number of anilines is 2. The Morgan fingerprint density at radius 2 is 2.21 bits per heavy atom. The highest BCUT2D eigenvalue weighted by molar-refractivity contribution is 5.93. The molecule has 2 atom stereocenters. The lowest BCUT2D eigenvalue weighted by Crippen LogP contribution is -2.18. The van der Waals surface area contributed by atoms with Crippen molar-refractivity contribution < 1.29 is 0 Å². The van der Waals surface area contributed by atoms with Crippen molar-refractivity contribution in [2.75, 3.05) is 11.1 Å². The molecule has 2 aromatic rings. The predicted molar refractivity (Wildman–Crippen MR) is 79.4 cm³/mol. The van der Waals surface area contributed by atoms with Gasteiger partial charge in [0.1, 0.15) is 0 Å². The van der Waals surface area contributed by atoms with Gasteiger partial charge in [-0.1, -0.05) is 13.3 Å². The van der Waals surface area contributed by atoms with E-state index in [2.05, 4.69) is 12.2 Å². The van der Waals surface area contributed by atoms with Crippen LogP contribution in [0.5, 0.6) is 0 Å².